The van der Waals surface area contributed by atoms with Crippen LogP contribution in [0.3, 0.4) is 0 Å². The molecule has 2 aromatic carbocycles. The second-order valence-corrected chi connectivity index (χ2v) is 4.61. The van der Waals surface area contributed by atoms with Gasteiger partial charge in [0.15, 0.2) is 0 Å². The van der Waals surface area contributed by atoms with E-state index in [1.807, 2.05) is 0 Å². The van der Waals surface area contributed by atoms with Crippen LogP contribution in [0.2, 0.25) is 0 Å². The average molecular weight is 223 g/mol. The molecule has 2 aromatic rings. The van der Waals surface area contributed by atoms with E-state index in [0.29, 0.717) is 0 Å². The highest BCUT2D eigenvalue weighted by Crippen LogP contribution is 2.24. The van der Waals surface area contributed by atoms with E-state index >= 15 is 0 Å². The van der Waals surface area contributed by atoms with E-state index in [1.165, 1.54) is 42.7 Å². The Kier molecular flexibility index (Phi) is 2.83. The summed E-state index contributed by atoms with van der Waals surface area (Å²) in [5, 5.41) is 0. The summed E-state index contributed by atoms with van der Waals surface area (Å²) in [5.74, 6) is 0. The summed E-state index contributed by atoms with van der Waals surface area (Å²) < 4.78 is 0. The maximum absolute atomic E-state index is 2.47. The average Bonchev–Trinajstić information content (AvgIpc) is 2.94. The van der Waals surface area contributed by atoms with Crippen LogP contribution < -0.4 is 4.90 Å². The molecule has 1 aliphatic rings. The van der Waals surface area contributed by atoms with Crippen LogP contribution in [-0.2, 0) is 0 Å². The molecule has 1 aliphatic heterocycles. The minimum atomic E-state index is 1.21. The molecule has 1 nitrogen and oxygen atoms in total. The number of hydrogen-bond acceptors (Lipinski definition) is 1. The molecule has 0 bridgehead atoms. The third-order valence-electron chi connectivity index (χ3n) is 3.45. The fourth-order valence-electron chi connectivity index (χ4n) is 2.47. The van der Waals surface area contributed by atoms with E-state index in [2.05, 4.69) is 59.5 Å². The van der Waals surface area contributed by atoms with Crippen molar-refractivity contribution in [1.82, 2.24) is 0 Å². The van der Waals surface area contributed by atoms with Crippen LogP contribution in [0.25, 0.3) is 11.1 Å². The first-order chi connectivity index (χ1) is 8.43. The van der Waals surface area contributed by atoms with Gasteiger partial charge in [0.05, 0.1) is 0 Å². The molecule has 86 valence electrons. The quantitative estimate of drug-likeness (QED) is 0.745. The van der Waals surface area contributed by atoms with E-state index in [4.69, 9.17) is 0 Å². The molecule has 0 saturated carbocycles. The van der Waals surface area contributed by atoms with Crippen LogP contribution in [-0.4, -0.2) is 13.1 Å². The van der Waals surface area contributed by atoms with Crippen molar-refractivity contribution in [3.8, 4) is 11.1 Å². The first kappa shape index (κ1) is 10.4. The van der Waals surface area contributed by atoms with Gasteiger partial charge in [0.2, 0.25) is 0 Å². The second kappa shape index (κ2) is 4.62. The SMILES string of the molecule is c1ccc(-c2ccc(N3CCCC3)cc2)cc1. The van der Waals surface area contributed by atoms with Crippen LogP contribution >= 0.6 is 0 Å². The van der Waals surface area contributed by atoms with Gasteiger partial charge in [-0.3, -0.25) is 0 Å². The molecule has 1 heteroatoms. The van der Waals surface area contributed by atoms with E-state index in [1.54, 1.807) is 0 Å². The van der Waals surface area contributed by atoms with Crippen molar-refractivity contribution in [3.63, 3.8) is 0 Å². The van der Waals surface area contributed by atoms with Gasteiger partial charge in [0.1, 0.15) is 0 Å². The number of anilines is 1. The smallest absolute Gasteiger partial charge is 0.0366 e. The van der Waals surface area contributed by atoms with Crippen molar-refractivity contribution >= 4 is 5.69 Å². The third kappa shape index (κ3) is 2.19. The van der Waals surface area contributed by atoms with Crippen molar-refractivity contribution in [2.45, 2.75) is 12.8 Å². The normalized spacial score (nSPS) is 15.2. The van der Waals surface area contributed by atoms with Gasteiger partial charge < -0.3 is 4.90 Å². The molecule has 1 heterocycles. The Morgan fingerprint density at radius 3 is 1.88 bits per heavy atom. The minimum Gasteiger partial charge on any atom is -0.372 e. The molecule has 0 atom stereocenters. The molecular weight excluding hydrogens is 206 g/mol. The first-order valence-electron chi connectivity index (χ1n) is 6.34. The zero-order valence-corrected chi connectivity index (χ0v) is 9.97. The van der Waals surface area contributed by atoms with Gasteiger partial charge in [-0.25, -0.2) is 0 Å². The number of nitrogens with zero attached hydrogens (tertiary/aromatic N) is 1. The van der Waals surface area contributed by atoms with Gasteiger partial charge in [-0.1, -0.05) is 42.5 Å². The molecule has 0 unspecified atom stereocenters. The van der Waals surface area contributed by atoms with Gasteiger partial charge in [-0.05, 0) is 36.1 Å². The molecular formula is C16H17N. The lowest BCUT2D eigenvalue weighted by molar-refractivity contribution is 0.949. The van der Waals surface area contributed by atoms with Crippen LogP contribution in [0.4, 0.5) is 5.69 Å². The summed E-state index contributed by atoms with van der Waals surface area (Å²) in [6.07, 6.45) is 2.67. The topological polar surface area (TPSA) is 3.24 Å². The number of rotatable bonds is 2. The lowest BCUT2D eigenvalue weighted by Crippen LogP contribution is -2.17. The molecule has 0 aliphatic carbocycles. The Labute approximate surface area is 103 Å². The standard InChI is InChI=1S/C16H17N/c1-2-6-14(7-3-1)15-8-10-16(11-9-15)17-12-4-5-13-17/h1-3,6-11H,4-5,12-13H2. The zero-order chi connectivity index (χ0) is 11.5. The third-order valence-corrected chi connectivity index (χ3v) is 3.45. The van der Waals surface area contributed by atoms with Gasteiger partial charge in [-0.2, -0.15) is 0 Å². The Balaban J connectivity index is 1.85. The second-order valence-electron chi connectivity index (χ2n) is 4.61. The largest absolute Gasteiger partial charge is 0.372 e. The Bertz CT molecular complexity index is 467. The molecule has 1 saturated heterocycles. The molecule has 1 fully saturated rings. The van der Waals surface area contributed by atoms with Crippen molar-refractivity contribution < 1.29 is 0 Å². The first-order valence-corrected chi connectivity index (χ1v) is 6.34. The summed E-state index contributed by atoms with van der Waals surface area (Å²) in [5.41, 5.74) is 3.95. The molecule has 0 amide bonds. The summed E-state index contributed by atoms with van der Waals surface area (Å²) in [6.45, 7) is 2.43. The van der Waals surface area contributed by atoms with Crippen molar-refractivity contribution in [3.05, 3.63) is 54.6 Å². The Hall–Kier alpha value is -1.76. The van der Waals surface area contributed by atoms with Crippen LogP contribution in [0, 0.1) is 0 Å². The van der Waals surface area contributed by atoms with E-state index in [-0.39, 0.29) is 0 Å². The van der Waals surface area contributed by atoms with E-state index in [9.17, 15) is 0 Å². The molecule has 3 rings (SSSR count). The lowest BCUT2D eigenvalue weighted by atomic mass is 10.1. The highest BCUT2D eigenvalue weighted by molar-refractivity contribution is 5.66. The minimum absolute atomic E-state index is 1.21. The maximum atomic E-state index is 2.47. The Morgan fingerprint density at radius 1 is 0.647 bits per heavy atom. The van der Waals surface area contributed by atoms with Gasteiger partial charge in [-0.15, -0.1) is 0 Å². The van der Waals surface area contributed by atoms with Crippen molar-refractivity contribution in [2.75, 3.05) is 18.0 Å². The predicted octanol–water partition coefficient (Wildman–Crippen LogP) is 3.95. The molecule has 0 aromatic heterocycles. The van der Waals surface area contributed by atoms with Crippen molar-refractivity contribution in [1.29, 1.82) is 0 Å². The predicted molar refractivity (Wildman–Crippen MR) is 73.3 cm³/mol. The summed E-state index contributed by atoms with van der Waals surface area (Å²) >= 11 is 0. The molecule has 0 radical (unpaired) electrons. The highest BCUT2D eigenvalue weighted by atomic mass is 15.1. The van der Waals surface area contributed by atoms with Crippen LogP contribution in [0.1, 0.15) is 12.8 Å². The summed E-state index contributed by atoms with van der Waals surface area (Å²) in [6, 6.07) is 19.5. The molecule has 0 N–H and O–H groups in total. The van der Waals surface area contributed by atoms with Crippen LogP contribution in [0.5, 0.6) is 0 Å². The van der Waals surface area contributed by atoms with Crippen molar-refractivity contribution in [2.24, 2.45) is 0 Å². The monoisotopic (exact) mass is 223 g/mol. The number of hydrogen-bond donors (Lipinski definition) is 0. The van der Waals surface area contributed by atoms with Crippen LogP contribution in [0.15, 0.2) is 54.6 Å². The fourth-order valence-corrected chi connectivity index (χ4v) is 2.47. The maximum Gasteiger partial charge on any atom is 0.0366 e. The van der Waals surface area contributed by atoms with Gasteiger partial charge in [0, 0.05) is 18.8 Å². The van der Waals surface area contributed by atoms with E-state index in [0.717, 1.165) is 0 Å². The van der Waals surface area contributed by atoms with Gasteiger partial charge in [0.25, 0.3) is 0 Å². The Morgan fingerprint density at radius 2 is 1.24 bits per heavy atom. The van der Waals surface area contributed by atoms with Gasteiger partial charge >= 0.3 is 0 Å². The number of benzene rings is 2. The fraction of sp³-hybridized carbons (Fsp3) is 0.250. The highest BCUT2D eigenvalue weighted by Gasteiger charge is 2.11. The van der Waals surface area contributed by atoms with E-state index < -0.39 is 0 Å². The summed E-state index contributed by atoms with van der Waals surface area (Å²) in [7, 11) is 0. The summed E-state index contributed by atoms with van der Waals surface area (Å²) in [4.78, 5) is 2.47. The molecule has 17 heavy (non-hydrogen) atoms. The zero-order valence-electron chi connectivity index (χ0n) is 9.97. The lowest BCUT2D eigenvalue weighted by Gasteiger charge is -2.17. The molecule has 0 spiro atoms.